The Labute approximate surface area is 144 Å². The highest BCUT2D eigenvalue weighted by molar-refractivity contribution is 5.90. The van der Waals surface area contributed by atoms with Crippen LogP contribution in [-0.4, -0.2) is 19.4 Å². The van der Waals surface area contributed by atoms with Crippen molar-refractivity contribution in [2.24, 2.45) is 0 Å². The quantitative estimate of drug-likeness (QED) is 0.540. The van der Waals surface area contributed by atoms with Crippen LogP contribution in [-0.2, 0) is 6.54 Å². The third kappa shape index (κ3) is 2.65. The summed E-state index contributed by atoms with van der Waals surface area (Å²) in [5, 5.41) is 9.25. The average Bonchev–Trinajstić information content (AvgIpc) is 3.04. The summed E-state index contributed by atoms with van der Waals surface area (Å²) in [6.45, 7) is 4.06. The van der Waals surface area contributed by atoms with Gasteiger partial charge in [-0.15, -0.1) is 6.58 Å². The molecule has 4 aromatic rings. The van der Waals surface area contributed by atoms with E-state index in [1.807, 2.05) is 59.2 Å². The first kappa shape index (κ1) is 15.1. The Kier molecular flexibility index (Phi) is 3.74. The van der Waals surface area contributed by atoms with Gasteiger partial charge >= 0.3 is 0 Å². The van der Waals surface area contributed by atoms with Gasteiger partial charge in [0.05, 0.1) is 23.3 Å². The molecule has 4 rings (SSSR count). The van der Waals surface area contributed by atoms with E-state index in [9.17, 15) is 4.79 Å². The van der Waals surface area contributed by atoms with Crippen LogP contribution in [0.5, 0.6) is 0 Å². The van der Waals surface area contributed by atoms with Gasteiger partial charge in [0.25, 0.3) is 5.56 Å². The van der Waals surface area contributed by atoms with Gasteiger partial charge in [0, 0.05) is 17.8 Å². The highest BCUT2D eigenvalue weighted by atomic mass is 16.1. The van der Waals surface area contributed by atoms with Gasteiger partial charge in [-0.1, -0.05) is 42.5 Å². The van der Waals surface area contributed by atoms with E-state index in [0.717, 1.165) is 22.3 Å². The summed E-state index contributed by atoms with van der Waals surface area (Å²) in [7, 11) is 0. The van der Waals surface area contributed by atoms with Crippen molar-refractivity contribution in [3.8, 4) is 22.5 Å². The highest BCUT2D eigenvalue weighted by Crippen LogP contribution is 2.33. The molecule has 0 spiro atoms. The van der Waals surface area contributed by atoms with E-state index in [2.05, 4.69) is 11.7 Å². The summed E-state index contributed by atoms with van der Waals surface area (Å²) in [5.74, 6) is 0. The fourth-order valence-corrected chi connectivity index (χ4v) is 2.88. The van der Waals surface area contributed by atoms with Crippen LogP contribution >= 0.6 is 0 Å². The summed E-state index contributed by atoms with van der Waals surface area (Å²) < 4.78 is 3.24. The molecule has 0 atom stereocenters. The number of rotatable bonds is 4. The molecule has 3 heterocycles. The average molecular weight is 328 g/mol. The fourth-order valence-electron chi connectivity index (χ4n) is 2.88. The van der Waals surface area contributed by atoms with E-state index in [-0.39, 0.29) is 5.56 Å². The molecule has 0 bridgehead atoms. The number of hydrogen-bond acceptors (Lipinski definition) is 3. The molecule has 0 saturated carbocycles. The predicted octanol–water partition coefficient (Wildman–Crippen LogP) is 3.41. The van der Waals surface area contributed by atoms with E-state index < -0.39 is 0 Å². The first-order valence-electron chi connectivity index (χ1n) is 8.00. The number of nitrogens with zero attached hydrogens (tertiary/aromatic N) is 4. The molecule has 5 heteroatoms. The van der Waals surface area contributed by atoms with Gasteiger partial charge in [-0.2, -0.15) is 10.2 Å². The van der Waals surface area contributed by atoms with Crippen LogP contribution in [0.25, 0.3) is 28.0 Å². The number of fused-ring (bicyclic) bond motifs is 1. The van der Waals surface area contributed by atoms with Gasteiger partial charge in [0.2, 0.25) is 0 Å². The first-order chi connectivity index (χ1) is 12.3. The van der Waals surface area contributed by atoms with Gasteiger partial charge in [0.1, 0.15) is 5.69 Å². The highest BCUT2D eigenvalue weighted by Gasteiger charge is 2.17. The number of aromatic nitrogens is 4. The van der Waals surface area contributed by atoms with Crippen LogP contribution < -0.4 is 5.56 Å². The minimum atomic E-state index is -0.151. The molecular weight excluding hydrogens is 312 g/mol. The Morgan fingerprint density at radius 1 is 0.960 bits per heavy atom. The molecular formula is C20H16N4O. The lowest BCUT2D eigenvalue weighted by atomic mass is 10.0. The molecule has 0 radical (unpaired) electrons. The Bertz CT molecular complexity index is 1110. The van der Waals surface area contributed by atoms with Gasteiger partial charge < -0.3 is 0 Å². The second-order valence-corrected chi connectivity index (χ2v) is 5.65. The minimum absolute atomic E-state index is 0.151. The summed E-state index contributed by atoms with van der Waals surface area (Å²) in [6.07, 6.45) is 3.57. The van der Waals surface area contributed by atoms with E-state index in [0.29, 0.717) is 12.2 Å². The molecule has 1 aromatic carbocycles. The van der Waals surface area contributed by atoms with Gasteiger partial charge in [-0.3, -0.25) is 4.79 Å². The standard InChI is InChI=1S/C20H16N4O/c1-2-13-24-18(25)12-11-16(21-24)19-17-10-6-7-14-23(17)22-20(19)15-8-4-3-5-9-15/h2-12,14H,1,13H2. The lowest BCUT2D eigenvalue weighted by molar-refractivity contribution is 0.656. The number of pyridine rings is 1. The van der Waals surface area contributed by atoms with Gasteiger partial charge in [-0.05, 0) is 18.2 Å². The summed E-state index contributed by atoms with van der Waals surface area (Å²) in [6, 6.07) is 19.2. The molecule has 0 aliphatic rings. The molecule has 3 aromatic heterocycles. The monoisotopic (exact) mass is 328 g/mol. The van der Waals surface area contributed by atoms with Crippen LogP contribution in [0.1, 0.15) is 0 Å². The molecule has 0 fully saturated rings. The van der Waals surface area contributed by atoms with Crippen molar-refractivity contribution in [3.05, 3.63) is 89.9 Å². The number of benzene rings is 1. The van der Waals surface area contributed by atoms with Crippen LogP contribution in [0, 0.1) is 0 Å². The van der Waals surface area contributed by atoms with Gasteiger partial charge in [0.15, 0.2) is 0 Å². The smallest absolute Gasteiger partial charge is 0.267 e. The molecule has 0 N–H and O–H groups in total. The molecule has 5 nitrogen and oxygen atoms in total. The second kappa shape index (κ2) is 6.20. The maximum atomic E-state index is 12.0. The lowest BCUT2D eigenvalue weighted by Crippen LogP contribution is -2.21. The van der Waals surface area contributed by atoms with E-state index in [1.54, 1.807) is 12.1 Å². The summed E-state index contributed by atoms with van der Waals surface area (Å²) >= 11 is 0. The molecule has 0 saturated heterocycles. The Morgan fingerprint density at radius 3 is 2.56 bits per heavy atom. The number of hydrogen-bond donors (Lipinski definition) is 0. The summed E-state index contributed by atoms with van der Waals surface area (Å²) in [5.41, 5.74) is 4.25. The van der Waals surface area contributed by atoms with Gasteiger partial charge in [-0.25, -0.2) is 9.20 Å². The topological polar surface area (TPSA) is 52.2 Å². The maximum Gasteiger partial charge on any atom is 0.267 e. The predicted molar refractivity (Wildman–Crippen MR) is 98.3 cm³/mol. The Hall–Kier alpha value is -3.47. The normalized spacial score (nSPS) is 10.9. The van der Waals surface area contributed by atoms with E-state index in [1.165, 1.54) is 10.7 Å². The van der Waals surface area contributed by atoms with Crippen LogP contribution in [0.2, 0.25) is 0 Å². The third-order valence-corrected chi connectivity index (χ3v) is 4.01. The molecule has 0 aliphatic heterocycles. The molecule has 0 aliphatic carbocycles. The van der Waals surface area contributed by atoms with Crippen molar-refractivity contribution in [1.82, 2.24) is 19.4 Å². The molecule has 0 amide bonds. The number of allylic oxidation sites excluding steroid dienone is 1. The van der Waals surface area contributed by atoms with Crippen molar-refractivity contribution < 1.29 is 0 Å². The van der Waals surface area contributed by atoms with Crippen molar-refractivity contribution in [2.75, 3.05) is 0 Å². The Balaban J connectivity index is 2.02. The largest absolute Gasteiger partial charge is 0.268 e. The SMILES string of the molecule is C=CCn1nc(-c2c(-c3ccccc3)nn3ccccc23)ccc1=O. The lowest BCUT2D eigenvalue weighted by Gasteiger charge is -2.06. The zero-order valence-corrected chi connectivity index (χ0v) is 13.5. The van der Waals surface area contributed by atoms with Crippen molar-refractivity contribution in [1.29, 1.82) is 0 Å². The molecule has 122 valence electrons. The van der Waals surface area contributed by atoms with Crippen molar-refractivity contribution >= 4 is 5.52 Å². The van der Waals surface area contributed by atoms with E-state index in [4.69, 9.17) is 5.10 Å². The molecule has 0 unspecified atom stereocenters. The third-order valence-electron chi connectivity index (χ3n) is 4.01. The second-order valence-electron chi connectivity index (χ2n) is 5.65. The van der Waals surface area contributed by atoms with E-state index >= 15 is 0 Å². The summed E-state index contributed by atoms with van der Waals surface area (Å²) in [4.78, 5) is 12.0. The Morgan fingerprint density at radius 2 is 1.76 bits per heavy atom. The maximum absolute atomic E-state index is 12.0. The van der Waals surface area contributed by atoms with Crippen molar-refractivity contribution in [3.63, 3.8) is 0 Å². The van der Waals surface area contributed by atoms with Crippen molar-refractivity contribution in [2.45, 2.75) is 6.54 Å². The van der Waals surface area contributed by atoms with Crippen LogP contribution in [0.4, 0.5) is 0 Å². The molecule has 25 heavy (non-hydrogen) atoms. The van der Waals surface area contributed by atoms with Crippen LogP contribution in [0.15, 0.2) is 84.3 Å². The zero-order chi connectivity index (χ0) is 17.2. The first-order valence-corrected chi connectivity index (χ1v) is 8.00. The fraction of sp³-hybridized carbons (Fsp3) is 0.0500. The minimum Gasteiger partial charge on any atom is -0.268 e. The van der Waals surface area contributed by atoms with Crippen LogP contribution in [0.3, 0.4) is 0 Å². The zero-order valence-electron chi connectivity index (χ0n) is 13.5.